The zero-order valence-corrected chi connectivity index (χ0v) is 18.3. The van der Waals surface area contributed by atoms with Gasteiger partial charge in [0, 0.05) is 6.61 Å². The molecule has 1 nitrogen and oxygen atoms in total. The van der Waals surface area contributed by atoms with Crippen molar-refractivity contribution in [1.82, 2.24) is 0 Å². The predicted molar refractivity (Wildman–Crippen MR) is 114 cm³/mol. The van der Waals surface area contributed by atoms with Crippen molar-refractivity contribution in [2.45, 2.75) is 58.4 Å². The summed E-state index contributed by atoms with van der Waals surface area (Å²) < 4.78 is 6.05. The van der Waals surface area contributed by atoms with Crippen LogP contribution in [0.3, 0.4) is 0 Å². The first-order valence-electron chi connectivity index (χ1n) is 9.68. The Morgan fingerprint density at radius 2 is 1.96 bits per heavy atom. The predicted octanol–water partition coefficient (Wildman–Crippen LogP) is 6.14. The third kappa shape index (κ3) is 3.07. The maximum absolute atomic E-state index is 6.05. The average molecular weight is 367 g/mol. The molecule has 0 N–H and O–H groups in total. The van der Waals surface area contributed by atoms with E-state index < -0.39 is 16.4 Å². The highest BCUT2D eigenvalue weighted by Crippen LogP contribution is 2.58. The number of hydrogen-bond donors (Lipinski definition) is 0. The van der Waals surface area contributed by atoms with Crippen molar-refractivity contribution >= 4 is 27.2 Å². The molecule has 132 valence electrons. The summed E-state index contributed by atoms with van der Waals surface area (Å²) in [7, 11) is -2.52. The minimum Gasteiger partial charge on any atom is -0.418 e. The molecule has 0 bridgehead atoms. The van der Waals surface area contributed by atoms with Crippen LogP contribution in [0.25, 0.3) is 10.8 Å². The van der Waals surface area contributed by atoms with Gasteiger partial charge in [-0.1, -0.05) is 53.8 Å². The topological polar surface area (TPSA) is 9.23 Å². The molecule has 4 rings (SSSR count). The Labute approximate surface area is 154 Å². The first-order valence-corrected chi connectivity index (χ1v) is 16.1. The van der Waals surface area contributed by atoms with Crippen molar-refractivity contribution in [2.75, 3.05) is 6.61 Å². The quantitative estimate of drug-likeness (QED) is 0.434. The number of benzene rings is 1. The van der Waals surface area contributed by atoms with Gasteiger partial charge in [-0.2, -0.15) is 0 Å². The lowest BCUT2D eigenvalue weighted by atomic mass is 9.93. The lowest BCUT2D eigenvalue weighted by Gasteiger charge is -2.19. The highest BCUT2D eigenvalue weighted by atomic mass is 28.4. The zero-order valence-electron chi connectivity index (χ0n) is 16.3. The molecule has 1 heterocycles. The number of fused-ring (bicyclic) bond motifs is 2. The second kappa shape index (κ2) is 5.93. The smallest absolute Gasteiger partial charge is 0.183 e. The average Bonchev–Trinajstić information content (AvgIpc) is 2.95. The Bertz CT molecular complexity index is 819. The van der Waals surface area contributed by atoms with Crippen molar-refractivity contribution < 1.29 is 4.43 Å². The van der Waals surface area contributed by atoms with E-state index in [0.717, 1.165) is 25.9 Å². The number of hydrogen-bond acceptors (Lipinski definition) is 1. The fourth-order valence-corrected chi connectivity index (χ4v) is 8.88. The Hall–Kier alpha value is -1.17. The monoisotopic (exact) mass is 366 g/mol. The van der Waals surface area contributed by atoms with Crippen LogP contribution in [0.2, 0.25) is 32.7 Å². The SMILES string of the molecule is C[Si](C)(C)OCCCC1=C(c2cccc3c2C2=C(C3)[Si]2(C)C)CC=C1. The molecule has 1 aromatic carbocycles. The molecule has 3 aliphatic rings. The Balaban J connectivity index is 1.56. The molecule has 0 fully saturated rings. The molecule has 25 heavy (non-hydrogen) atoms. The van der Waals surface area contributed by atoms with Crippen LogP contribution in [0, 0.1) is 0 Å². The molecule has 2 aliphatic carbocycles. The lowest BCUT2D eigenvalue weighted by Crippen LogP contribution is -2.25. The van der Waals surface area contributed by atoms with Gasteiger partial charge in [0.15, 0.2) is 8.32 Å². The van der Waals surface area contributed by atoms with Gasteiger partial charge < -0.3 is 4.43 Å². The van der Waals surface area contributed by atoms with Gasteiger partial charge in [-0.3, -0.25) is 0 Å². The highest BCUT2D eigenvalue weighted by Gasteiger charge is 2.52. The summed E-state index contributed by atoms with van der Waals surface area (Å²) >= 11 is 0. The largest absolute Gasteiger partial charge is 0.418 e. The van der Waals surface area contributed by atoms with Crippen LogP contribution in [-0.2, 0) is 10.8 Å². The standard InChI is InChI=1S/C22H30OSi2/c1-24(2,3)23-14-8-11-16-9-6-12-18(16)19-13-7-10-17-15-20-22(21(17)19)25(20,4)5/h6-7,9-10,13H,8,11-12,14-15H2,1-5H3. The van der Waals surface area contributed by atoms with E-state index in [9.17, 15) is 0 Å². The molecule has 0 spiro atoms. The summed E-state index contributed by atoms with van der Waals surface area (Å²) in [5, 5.41) is 3.59. The maximum Gasteiger partial charge on any atom is 0.183 e. The molecular weight excluding hydrogens is 336 g/mol. The molecule has 0 saturated carbocycles. The third-order valence-electron chi connectivity index (χ3n) is 5.87. The molecule has 1 aromatic rings. The van der Waals surface area contributed by atoms with Gasteiger partial charge in [-0.05, 0) is 73.2 Å². The van der Waals surface area contributed by atoms with Crippen LogP contribution in [-0.4, -0.2) is 23.0 Å². The Kier molecular flexibility index (Phi) is 4.10. The highest BCUT2D eigenvalue weighted by molar-refractivity contribution is 7.13. The maximum atomic E-state index is 6.05. The summed E-state index contributed by atoms with van der Waals surface area (Å²) in [6.07, 6.45) is 9.33. The fraction of sp³-hybridized carbons (Fsp3) is 0.455. The van der Waals surface area contributed by atoms with E-state index in [4.69, 9.17) is 4.43 Å². The van der Waals surface area contributed by atoms with Crippen LogP contribution >= 0.6 is 0 Å². The summed E-state index contributed by atoms with van der Waals surface area (Å²) in [6.45, 7) is 12.8. The summed E-state index contributed by atoms with van der Waals surface area (Å²) in [4.78, 5) is 0. The Morgan fingerprint density at radius 1 is 1.16 bits per heavy atom. The molecule has 3 heteroatoms. The normalized spacial score (nSPS) is 20.4. The molecule has 0 atom stereocenters. The van der Waals surface area contributed by atoms with Crippen molar-refractivity contribution in [3.8, 4) is 0 Å². The number of rotatable bonds is 6. The minimum absolute atomic E-state index is 0.905. The van der Waals surface area contributed by atoms with Gasteiger partial charge >= 0.3 is 0 Å². The van der Waals surface area contributed by atoms with Crippen LogP contribution in [0.15, 0.2) is 41.1 Å². The van der Waals surface area contributed by atoms with Gasteiger partial charge in [-0.15, -0.1) is 0 Å². The molecule has 0 aromatic heterocycles. The fourth-order valence-electron chi connectivity index (χ4n) is 4.51. The van der Waals surface area contributed by atoms with Crippen molar-refractivity contribution in [3.05, 3.63) is 57.8 Å². The van der Waals surface area contributed by atoms with Crippen LogP contribution in [0.1, 0.15) is 36.0 Å². The van der Waals surface area contributed by atoms with Gasteiger partial charge in [0.25, 0.3) is 0 Å². The Morgan fingerprint density at radius 3 is 2.72 bits per heavy atom. The van der Waals surface area contributed by atoms with E-state index in [-0.39, 0.29) is 0 Å². The van der Waals surface area contributed by atoms with Crippen molar-refractivity contribution in [1.29, 1.82) is 0 Å². The molecule has 1 aliphatic heterocycles. The van der Waals surface area contributed by atoms with E-state index in [2.05, 4.69) is 63.1 Å². The van der Waals surface area contributed by atoms with E-state index in [0.29, 0.717) is 0 Å². The number of allylic oxidation sites excluding steroid dienone is 5. The van der Waals surface area contributed by atoms with E-state index in [1.165, 1.54) is 12.0 Å². The molecule has 0 amide bonds. The first kappa shape index (κ1) is 17.3. The van der Waals surface area contributed by atoms with Gasteiger partial charge in [0.05, 0.1) is 0 Å². The van der Waals surface area contributed by atoms with E-state index >= 15 is 0 Å². The van der Waals surface area contributed by atoms with Gasteiger partial charge in [0.2, 0.25) is 0 Å². The zero-order chi connectivity index (χ0) is 17.8. The van der Waals surface area contributed by atoms with Crippen LogP contribution in [0.4, 0.5) is 0 Å². The molecule has 0 radical (unpaired) electrons. The van der Waals surface area contributed by atoms with Gasteiger partial charge in [-0.25, -0.2) is 0 Å². The second-order valence-corrected chi connectivity index (χ2v) is 18.0. The lowest BCUT2D eigenvalue weighted by molar-refractivity contribution is 0.305. The van der Waals surface area contributed by atoms with Crippen LogP contribution < -0.4 is 0 Å². The van der Waals surface area contributed by atoms with Crippen molar-refractivity contribution in [2.24, 2.45) is 0 Å². The molecule has 0 unspecified atom stereocenters. The third-order valence-corrected chi connectivity index (χ3v) is 10.4. The molecule has 0 saturated heterocycles. The van der Waals surface area contributed by atoms with Crippen molar-refractivity contribution in [3.63, 3.8) is 0 Å². The van der Waals surface area contributed by atoms with E-state index in [1.54, 1.807) is 27.5 Å². The van der Waals surface area contributed by atoms with Gasteiger partial charge in [0.1, 0.15) is 8.07 Å². The molecular formula is C22H30OSi2. The summed E-state index contributed by atoms with van der Waals surface area (Å²) in [6, 6.07) is 6.99. The van der Waals surface area contributed by atoms with E-state index in [1.807, 2.05) is 5.20 Å². The summed E-state index contributed by atoms with van der Waals surface area (Å²) in [5.74, 6) is 0. The van der Waals surface area contributed by atoms with Crippen LogP contribution in [0.5, 0.6) is 0 Å². The summed E-state index contributed by atoms with van der Waals surface area (Å²) in [5.41, 5.74) is 7.86. The second-order valence-electron chi connectivity index (χ2n) is 9.17. The minimum atomic E-state index is -1.38. The first-order chi connectivity index (χ1) is 11.8.